The van der Waals surface area contributed by atoms with Gasteiger partial charge in [0.2, 0.25) is 0 Å². The van der Waals surface area contributed by atoms with Crippen LogP contribution >= 0.6 is 11.6 Å². The molecule has 0 bridgehead atoms. The van der Waals surface area contributed by atoms with E-state index in [1.54, 1.807) is 0 Å². The largest absolute Gasteiger partial charge is 0.394 e. The number of hydrogen-bond donors (Lipinski definition) is 0. The van der Waals surface area contributed by atoms with Crippen molar-refractivity contribution in [1.29, 1.82) is 0 Å². The van der Waals surface area contributed by atoms with Crippen LogP contribution in [0.1, 0.15) is 40.0 Å². The molecule has 0 spiro atoms. The van der Waals surface area contributed by atoms with Gasteiger partial charge in [-0.1, -0.05) is 27.2 Å². The highest BCUT2D eigenvalue weighted by Gasteiger charge is 2.35. The fourth-order valence-corrected chi connectivity index (χ4v) is 4.72. The molecule has 0 atom stereocenters. The lowest BCUT2D eigenvalue weighted by atomic mass is 10.5. The first-order chi connectivity index (χ1) is 6.74. The first-order valence-corrected chi connectivity index (χ1v) is 8.35. The van der Waals surface area contributed by atoms with Crippen molar-refractivity contribution < 1.29 is 8.85 Å². The maximum Gasteiger partial charge on any atom is 0.353 e. The molecule has 0 heterocycles. The summed E-state index contributed by atoms with van der Waals surface area (Å²) in [6, 6.07) is 1.01. The normalized spacial score (nSPS) is 12.0. The average molecular weight is 239 g/mol. The minimum absolute atomic E-state index is 0.556. The Morgan fingerprint density at radius 2 is 1.43 bits per heavy atom. The second kappa shape index (κ2) is 8.71. The van der Waals surface area contributed by atoms with Crippen LogP contribution < -0.4 is 0 Å². The number of hydrogen-bond acceptors (Lipinski definition) is 2. The van der Waals surface area contributed by atoms with Gasteiger partial charge in [-0.2, -0.15) is 0 Å². The van der Waals surface area contributed by atoms with Gasteiger partial charge in [-0.3, -0.25) is 0 Å². The molecule has 0 unspecified atom stereocenters. The highest BCUT2D eigenvalue weighted by molar-refractivity contribution is 6.74. The number of rotatable bonds is 9. The third kappa shape index (κ3) is 5.34. The van der Waals surface area contributed by atoms with Crippen LogP contribution in [0.25, 0.3) is 0 Å². The molecule has 0 radical (unpaired) electrons. The van der Waals surface area contributed by atoms with E-state index >= 15 is 0 Å². The van der Waals surface area contributed by atoms with Crippen LogP contribution in [0.4, 0.5) is 0 Å². The Morgan fingerprint density at radius 1 is 0.929 bits per heavy atom. The number of halogens is 1. The lowest BCUT2D eigenvalue weighted by Crippen LogP contribution is -2.45. The summed E-state index contributed by atoms with van der Waals surface area (Å²) in [6.45, 7) is 7.93. The van der Waals surface area contributed by atoms with E-state index in [0.29, 0.717) is 5.50 Å². The van der Waals surface area contributed by atoms with Gasteiger partial charge in [-0.05, 0) is 18.9 Å². The van der Waals surface area contributed by atoms with Crippen LogP contribution in [0.15, 0.2) is 0 Å². The number of alkyl halides is 1. The minimum Gasteiger partial charge on any atom is -0.394 e. The van der Waals surface area contributed by atoms with E-state index < -0.39 is 8.56 Å². The van der Waals surface area contributed by atoms with Gasteiger partial charge in [-0.25, -0.2) is 0 Å². The molecule has 2 nitrogen and oxygen atoms in total. The van der Waals surface area contributed by atoms with Crippen LogP contribution in [0, 0.1) is 0 Å². The van der Waals surface area contributed by atoms with E-state index in [9.17, 15) is 0 Å². The van der Waals surface area contributed by atoms with Gasteiger partial charge in [0.25, 0.3) is 0 Å². The molecule has 0 aliphatic rings. The van der Waals surface area contributed by atoms with Crippen molar-refractivity contribution in [3.05, 3.63) is 0 Å². The summed E-state index contributed by atoms with van der Waals surface area (Å²) in [7, 11) is -2.05. The molecule has 0 aliphatic heterocycles. The molecular formula is C10H23ClO2Si. The molecule has 0 aromatic heterocycles. The van der Waals surface area contributed by atoms with Gasteiger partial charge in [-0.15, -0.1) is 11.6 Å². The fraction of sp³-hybridized carbons (Fsp3) is 1.00. The van der Waals surface area contributed by atoms with Crippen LogP contribution in [0.3, 0.4) is 0 Å². The van der Waals surface area contributed by atoms with Crippen molar-refractivity contribution >= 4 is 20.2 Å². The molecule has 0 aliphatic carbocycles. The van der Waals surface area contributed by atoms with E-state index in [1.807, 2.05) is 0 Å². The second-order valence-corrected chi connectivity index (χ2v) is 7.46. The van der Waals surface area contributed by atoms with Gasteiger partial charge >= 0.3 is 8.56 Å². The third-order valence-electron chi connectivity index (χ3n) is 1.97. The Kier molecular flexibility index (Phi) is 8.98. The van der Waals surface area contributed by atoms with E-state index in [2.05, 4.69) is 20.8 Å². The molecule has 14 heavy (non-hydrogen) atoms. The molecule has 86 valence electrons. The highest BCUT2D eigenvalue weighted by atomic mass is 35.5. The molecule has 0 amide bonds. The maximum absolute atomic E-state index is 5.99. The molecular weight excluding hydrogens is 216 g/mol. The van der Waals surface area contributed by atoms with Crippen LogP contribution in [0.5, 0.6) is 0 Å². The molecule has 0 aromatic carbocycles. The summed E-state index contributed by atoms with van der Waals surface area (Å²) < 4.78 is 11.7. The zero-order chi connectivity index (χ0) is 10.9. The van der Waals surface area contributed by atoms with Crippen LogP contribution in [-0.2, 0) is 8.85 Å². The summed E-state index contributed by atoms with van der Waals surface area (Å²) >= 11 is 5.99. The van der Waals surface area contributed by atoms with Gasteiger partial charge in [0, 0.05) is 13.2 Å². The Labute approximate surface area is 94.2 Å². The first-order valence-electron chi connectivity index (χ1n) is 5.58. The fourth-order valence-electron chi connectivity index (χ4n) is 1.29. The van der Waals surface area contributed by atoms with Crippen molar-refractivity contribution in [3.8, 4) is 0 Å². The Morgan fingerprint density at radius 3 is 1.71 bits per heavy atom. The SMILES string of the molecule is CCCO[Si](CCl)(CCC)OCCC. The molecule has 0 fully saturated rings. The van der Waals surface area contributed by atoms with Crippen molar-refractivity contribution in [2.45, 2.75) is 46.1 Å². The average Bonchev–Trinajstić information content (AvgIpc) is 2.22. The predicted octanol–water partition coefficient (Wildman–Crippen LogP) is 3.47. The topological polar surface area (TPSA) is 18.5 Å². The molecule has 0 saturated heterocycles. The van der Waals surface area contributed by atoms with Gasteiger partial charge in [0.05, 0.1) is 5.50 Å². The first kappa shape index (κ1) is 14.4. The van der Waals surface area contributed by atoms with Gasteiger partial charge in [0.1, 0.15) is 0 Å². The molecule has 0 saturated carbocycles. The van der Waals surface area contributed by atoms with Crippen molar-refractivity contribution in [2.75, 3.05) is 18.7 Å². The Hall–Kier alpha value is 0.427. The van der Waals surface area contributed by atoms with Crippen molar-refractivity contribution in [3.63, 3.8) is 0 Å². The Bertz CT molecular complexity index is 125. The monoisotopic (exact) mass is 238 g/mol. The third-order valence-corrected chi connectivity index (χ3v) is 6.32. The second-order valence-electron chi connectivity index (χ2n) is 3.49. The van der Waals surface area contributed by atoms with Gasteiger partial charge < -0.3 is 8.85 Å². The summed E-state index contributed by atoms with van der Waals surface area (Å²) in [5, 5.41) is 0. The predicted molar refractivity (Wildman–Crippen MR) is 64.1 cm³/mol. The minimum atomic E-state index is -2.05. The van der Waals surface area contributed by atoms with Crippen LogP contribution in [0.2, 0.25) is 6.04 Å². The van der Waals surface area contributed by atoms with Crippen LogP contribution in [-0.4, -0.2) is 27.3 Å². The molecule has 0 N–H and O–H groups in total. The van der Waals surface area contributed by atoms with Gasteiger partial charge in [0.15, 0.2) is 0 Å². The Balaban J connectivity index is 4.11. The van der Waals surface area contributed by atoms with E-state index in [-0.39, 0.29) is 0 Å². The summed E-state index contributed by atoms with van der Waals surface area (Å²) in [4.78, 5) is 0. The lowest BCUT2D eigenvalue weighted by Gasteiger charge is -2.28. The highest BCUT2D eigenvalue weighted by Crippen LogP contribution is 2.18. The quantitative estimate of drug-likeness (QED) is 0.453. The summed E-state index contributed by atoms with van der Waals surface area (Å²) in [5.74, 6) is 0. The lowest BCUT2D eigenvalue weighted by molar-refractivity contribution is 0.172. The zero-order valence-electron chi connectivity index (χ0n) is 9.64. The molecule has 4 heteroatoms. The standard InChI is InChI=1S/C10H23ClO2Si/c1-4-7-12-14(10-11,9-6-3)13-8-5-2/h4-10H2,1-3H3. The van der Waals surface area contributed by atoms with Crippen molar-refractivity contribution in [1.82, 2.24) is 0 Å². The summed E-state index contributed by atoms with van der Waals surface area (Å²) in [5.41, 5.74) is 0.556. The molecule has 0 rings (SSSR count). The van der Waals surface area contributed by atoms with E-state index in [4.69, 9.17) is 20.5 Å². The zero-order valence-corrected chi connectivity index (χ0v) is 11.4. The maximum atomic E-state index is 5.99. The van der Waals surface area contributed by atoms with Crippen molar-refractivity contribution in [2.24, 2.45) is 0 Å². The summed E-state index contributed by atoms with van der Waals surface area (Å²) in [6.07, 6.45) is 3.15. The molecule has 0 aromatic rings. The van der Waals surface area contributed by atoms with E-state index in [1.165, 1.54) is 0 Å². The smallest absolute Gasteiger partial charge is 0.353 e. The van der Waals surface area contributed by atoms with E-state index in [0.717, 1.165) is 38.5 Å².